The topological polar surface area (TPSA) is 95.9 Å². The fraction of sp³-hybridized carbons (Fsp3) is 0.714. The Hall–Kier alpha value is -2.96. The van der Waals surface area contributed by atoms with E-state index in [1.54, 1.807) is 0 Å². The molecule has 3 unspecified atom stereocenters. The number of aliphatic hydroxyl groups excluding tert-OH is 2. The van der Waals surface area contributed by atoms with Crippen LogP contribution in [0.3, 0.4) is 0 Å². The minimum atomic E-state index is -0.804. The van der Waals surface area contributed by atoms with Crippen LogP contribution >= 0.6 is 0 Å². The van der Waals surface area contributed by atoms with Crippen LogP contribution in [0, 0.1) is 0 Å². The van der Waals surface area contributed by atoms with Gasteiger partial charge in [-0.15, -0.1) is 0 Å². The fourth-order valence-electron chi connectivity index (χ4n) is 7.44. The van der Waals surface area contributed by atoms with Crippen LogP contribution in [0.4, 0.5) is 0 Å². The van der Waals surface area contributed by atoms with E-state index in [0.29, 0.717) is 19.3 Å². The first-order valence-corrected chi connectivity index (χ1v) is 25.9. The van der Waals surface area contributed by atoms with Crippen molar-refractivity contribution in [2.75, 3.05) is 6.61 Å². The van der Waals surface area contributed by atoms with Gasteiger partial charge in [-0.3, -0.25) is 9.59 Å². The molecule has 0 rings (SSSR count). The number of allylic oxidation sites excluding steroid dienone is 14. The number of rotatable bonds is 45. The van der Waals surface area contributed by atoms with Crippen molar-refractivity contribution in [3.05, 3.63) is 85.1 Å². The van der Waals surface area contributed by atoms with Gasteiger partial charge in [-0.2, -0.15) is 0 Å². The Kier molecular flexibility index (Phi) is 46.7. The third kappa shape index (κ3) is 43.7. The minimum Gasteiger partial charge on any atom is -0.462 e. The van der Waals surface area contributed by atoms with E-state index < -0.39 is 18.2 Å². The molecule has 0 saturated carbocycles. The van der Waals surface area contributed by atoms with Gasteiger partial charge in [-0.25, -0.2) is 0 Å². The number of hydrogen-bond acceptors (Lipinski definition) is 5. The number of esters is 1. The van der Waals surface area contributed by atoms with E-state index in [-0.39, 0.29) is 24.9 Å². The molecule has 6 nitrogen and oxygen atoms in total. The summed E-state index contributed by atoms with van der Waals surface area (Å²) in [6.45, 7) is 6.30. The highest BCUT2D eigenvalue weighted by molar-refractivity contribution is 5.77. The second-order valence-corrected chi connectivity index (χ2v) is 17.3. The molecule has 0 saturated heterocycles. The first-order chi connectivity index (χ1) is 30.5. The molecular formula is C56H97NO5. The summed E-state index contributed by atoms with van der Waals surface area (Å²) in [5.41, 5.74) is 0. The van der Waals surface area contributed by atoms with Gasteiger partial charge in [-0.1, -0.05) is 234 Å². The van der Waals surface area contributed by atoms with E-state index in [4.69, 9.17) is 4.74 Å². The summed E-state index contributed by atoms with van der Waals surface area (Å²) in [6.07, 6.45) is 63.5. The number of unbranched alkanes of at least 4 members (excludes halogenated alkanes) is 24. The molecule has 0 aromatic heterocycles. The number of amides is 1. The zero-order valence-electron chi connectivity index (χ0n) is 40.5. The van der Waals surface area contributed by atoms with Gasteiger partial charge < -0.3 is 20.3 Å². The van der Waals surface area contributed by atoms with Crippen molar-refractivity contribution < 1.29 is 24.5 Å². The van der Waals surface area contributed by atoms with Gasteiger partial charge in [0.15, 0.2) is 0 Å². The highest BCUT2D eigenvalue weighted by Gasteiger charge is 2.24. The summed E-state index contributed by atoms with van der Waals surface area (Å²) in [6, 6.07) is -0.721. The zero-order valence-corrected chi connectivity index (χ0v) is 40.5. The Morgan fingerprint density at radius 3 is 1.37 bits per heavy atom. The van der Waals surface area contributed by atoms with Crippen molar-refractivity contribution in [3.8, 4) is 0 Å². The van der Waals surface area contributed by atoms with Crippen LogP contribution in [-0.4, -0.2) is 46.9 Å². The molecule has 0 radical (unpaired) electrons. The van der Waals surface area contributed by atoms with Crippen LogP contribution in [0.5, 0.6) is 0 Å². The van der Waals surface area contributed by atoms with Gasteiger partial charge in [0.25, 0.3) is 0 Å². The van der Waals surface area contributed by atoms with Gasteiger partial charge in [0.2, 0.25) is 5.91 Å². The van der Waals surface area contributed by atoms with Gasteiger partial charge in [0, 0.05) is 6.42 Å². The molecule has 0 aliphatic rings. The molecule has 0 heterocycles. The van der Waals surface area contributed by atoms with E-state index >= 15 is 0 Å². The quantitative estimate of drug-likeness (QED) is 0.0322. The molecule has 6 heteroatoms. The third-order valence-electron chi connectivity index (χ3n) is 11.4. The normalized spacial score (nSPS) is 14.0. The van der Waals surface area contributed by atoms with Crippen molar-refractivity contribution in [2.45, 2.75) is 251 Å². The lowest BCUT2D eigenvalue weighted by Gasteiger charge is -2.24. The molecule has 0 bridgehead atoms. The number of ether oxygens (including phenoxy) is 1. The molecule has 3 N–H and O–H groups in total. The predicted molar refractivity (Wildman–Crippen MR) is 268 cm³/mol. The minimum absolute atomic E-state index is 0.0427. The molecule has 0 aromatic carbocycles. The maximum atomic E-state index is 13.2. The van der Waals surface area contributed by atoms with Crippen LogP contribution in [0.25, 0.3) is 0 Å². The molecule has 1 amide bonds. The summed E-state index contributed by atoms with van der Waals surface area (Å²) in [5.74, 6) is -0.530. The van der Waals surface area contributed by atoms with Crippen LogP contribution < -0.4 is 5.32 Å². The number of nitrogens with one attached hydrogen (secondary N) is 1. The average molecular weight is 864 g/mol. The van der Waals surface area contributed by atoms with Crippen molar-refractivity contribution in [2.24, 2.45) is 0 Å². The Morgan fingerprint density at radius 1 is 0.484 bits per heavy atom. The van der Waals surface area contributed by atoms with Crippen molar-refractivity contribution in [1.82, 2.24) is 5.32 Å². The molecule has 0 aliphatic carbocycles. The summed E-state index contributed by atoms with van der Waals surface area (Å²) < 4.78 is 5.91. The second kappa shape index (κ2) is 49.1. The standard InChI is InChI=1S/C56H97NO5/c1-4-7-10-13-16-19-22-25-27-29-30-32-35-38-41-44-47-52(62-56(61)49-46-43-40-37-34-31-28-26-23-20-17-14-11-8-5-2)50-55(60)57-53(51-58)54(59)48-45-42-39-36-33-24-21-18-15-12-9-6-3/h8,11,14,16-17,19-20,22-23,25,27,29-30,32,52-54,58-59H,4-7,9-10,12-13,15,18,21,24,26,28,31,33-51H2,1-3H3,(H,57,60)/b11-8+,17-14+,19-16+,23-20+,25-22+,29-27+,32-30+. The Labute approximate surface area is 383 Å². The maximum absolute atomic E-state index is 13.2. The van der Waals surface area contributed by atoms with Crippen LogP contribution in [0.2, 0.25) is 0 Å². The van der Waals surface area contributed by atoms with Crippen molar-refractivity contribution in [3.63, 3.8) is 0 Å². The number of carbonyl (C=O) groups is 2. The fourth-order valence-corrected chi connectivity index (χ4v) is 7.44. The first-order valence-electron chi connectivity index (χ1n) is 25.9. The maximum Gasteiger partial charge on any atom is 0.306 e. The zero-order chi connectivity index (χ0) is 45.2. The lowest BCUT2D eigenvalue weighted by molar-refractivity contribution is -0.151. The number of carbonyl (C=O) groups excluding carboxylic acids is 2. The summed E-state index contributed by atoms with van der Waals surface area (Å²) >= 11 is 0. The van der Waals surface area contributed by atoms with Gasteiger partial charge in [-0.05, 0) is 70.6 Å². The summed E-state index contributed by atoms with van der Waals surface area (Å²) in [7, 11) is 0. The van der Waals surface area contributed by atoms with Crippen LogP contribution in [0.15, 0.2) is 85.1 Å². The largest absolute Gasteiger partial charge is 0.462 e. The van der Waals surface area contributed by atoms with E-state index in [1.807, 2.05) is 6.08 Å². The Balaban J connectivity index is 4.71. The van der Waals surface area contributed by atoms with E-state index in [2.05, 4.69) is 105 Å². The Morgan fingerprint density at radius 2 is 0.871 bits per heavy atom. The smallest absolute Gasteiger partial charge is 0.306 e. The molecule has 62 heavy (non-hydrogen) atoms. The van der Waals surface area contributed by atoms with E-state index in [0.717, 1.165) is 83.5 Å². The highest BCUT2D eigenvalue weighted by atomic mass is 16.5. The van der Waals surface area contributed by atoms with Crippen LogP contribution in [0.1, 0.15) is 233 Å². The van der Waals surface area contributed by atoms with Gasteiger partial charge in [0.05, 0.1) is 25.2 Å². The molecule has 0 fully saturated rings. The summed E-state index contributed by atoms with van der Waals surface area (Å²) in [4.78, 5) is 26.2. The molecular weight excluding hydrogens is 767 g/mol. The average Bonchev–Trinajstić information content (AvgIpc) is 3.26. The van der Waals surface area contributed by atoms with Crippen LogP contribution in [-0.2, 0) is 14.3 Å². The molecule has 0 spiro atoms. The first kappa shape index (κ1) is 59.0. The number of hydrogen-bond donors (Lipinski definition) is 3. The SMILES string of the molecule is CC/C=C/C=C/C=C/CCCCCCCCCC(=O)OC(CCCCC/C=C/C=C/C=C/C=C/CCCCC)CC(=O)NC(CO)C(O)CCCCCCCCCCCCCC. The molecule has 0 aliphatic heterocycles. The molecule has 3 atom stereocenters. The molecule has 356 valence electrons. The monoisotopic (exact) mass is 864 g/mol. The van der Waals surface area contributed by atoms with E-state index in [1.165, 1.54) is 103 Å². The van der Waals surface area contributed by atoms with Gasteiger partial charge >= 0.3 is 5.97 Å². The number of aliphatic hydroxyl groups is 2. The lowest BCUT2D eigenvalue weighted by atomic mass is 10.0. The van der Waals surface area contributed by atoms with Crippen molar-refractivity contribution >= 4 is 11.9 Å². The van der Waals surface area contributed by atoms with E-state index in [9.17, 15) is 19.8 Å². The third-order valence-corrected chi connectivity index (χ3v) is 11.4. The predicted octanol–water partition coefficient (Wildman–Crippen LogP) is 15.6. The van der Waals surface area contributed by atoms with Crippen molar-refractivity contribution in [1.29, 1.82) is 0 Å². The highest BCUT2D eigenvalue weighted by Crippen LogP contribution is 2.17. The van der Waals surface area contributed by atoms with Gasteiger partial charge in [0.1, 0.15) is 6.10 Å². The lowest BCUT2D eigenvalue weighted by Crippen LogP contribution is -2.46. The summed E-state index contributed by atoms with van der Waals surface area (Å²) in [5, 5.41) is 23.8. The molecule has 0 aromatic rings. The Bertz CT molecular complexity index is 1200. The second-order valence-electron chi connectivity index (χ2n) is 17.3.